The maximum absolute atomic E-state index is 12.2. The van der Waals surface area contributed by atoms with E-state index in [-0.39, 0.29) is 24.1 Å². The summed E-state index contributed by atoms with van der Waals surface area (Å²) >= 11 is 0. The number of aromatic nitrogens is 1. The number of pyridine rings is 1. The van der Waals surface area contributed by atoms with Crippen LogP contribution < -0.4 is 10.9 Å². The van der Waals surface area contributed by atoms with Crippen LogP contribution in [-0.4, -0.2) is 16.5 Å². The van der Waals surface area contributed by atoms with Gasteiger partial charge in [-0.1, -0.05) is 12.5 Å². The third-order valence-corrected chi connectivity index (χ3v) is 5.35. The highest BCUT2D eigenvalue weighted by molar-refractivity contribution is 5.76. The average molecular weight is 288 g/mol. The van der Waals surface area contributed by atoms with Gasteiger partial charge in [-0.3, -0.25) is 9.59 Å². The number of amides is 1. The predicted octanol–water partition coefficient (Wildman–Crippen LogP) is 2.10. The van der Waals surface area contributed by atoms with Crippen LogP contribution in [0.3, 0.4) is 0 Å². The fourth-order valence-corrected chi connectivity index (χ4v) is 4.25. The molecule has 3 rings (SSSR count). The zero-order valence-electron chi connectivity index (χ0n) is 12.8. The van der Waals surface area contributed by atoms with Crippen molar-refractivity contribution in [3.05, 3.63) is 34.2 Å². The number of nitrogens with one attached hydrogen (secondary N) is 1. The van der Waals surface area contributed by atoms with Crippen LogP contribution in [0.2, 0.25) is 0 Å². The van der Waals surface area contributed by atoms with E-state index in [0.29, 0.717) is 11.5 Å². The first-order valence-corrected chi connectivity index (χ1v) is 8.00. The quantitative estimate of drug-likeness (QED) is 0.922. The van der Waals surface area contributed by atoms with Crippen LogP contribution in [0.1, 0.15) is 38.2 Å². The Morgan fingerprint density at radius 3 is 2.90 bits per heavy atom. The van der Waals surface area contributed by atoms with Gasteiger partial charge in [0.2, 0.25) is 5.91 Å². The lowest BCUT2D eigenvalue weighted by molar-refractivity contribution is -0.122. The largest absolute Gasteiger partial charge is 0.352 e. The van der Waals surface area contributed by atoms with Crippen molar-refractivity contribution in [3.63, 3.8) is 0 Å². The maximum Gasteiger partial charge on any atom is 0.253 e. The lowest BCUT2D eigenvalue weighted by Gasteiger charge is -2.28. The Kier molecular flexibility index (Phi) is 3.87. The second-order valence-corrected chi connectivity index (χ2v) is 6.82. The summed E-state index contributed by atoms with van der Waals surface area (Å²) in [7, 11) is 0. The highest BCUT2D eigenvalue weighted by Gasteiger charge is 2.42. The maximum atomic E-state index is 12.2. The second-order valence-electron chi connectivity index (χ2n) is 6.82. The van der Waals surface area contributed by atoms with Gasteiger partial charge < -0.3 is 9.88 Å². The van der Waals surface area contributed by atoms with E-state index < -0.39 is 0 Å². The minimum Gasteiger partial charge on any atom is -0.352 e. The van der Waals surface area contributed by atoms with Crippen LogP contribution in [0, 0.1) is 24.7 Å². The number of rotatable bonds is 4. The Hall–Kier alpha value is -1.58. The molecular weight excluding hydrogens is 264 g/mol. The van der Waals surface area contributed by atoms with E-state index in [9.17, 15) is 9.59 Å². The predicted molar refractivity (Wildman–Crippen MR) is 82.0 cm³/mol. The summed E-state index contributed by atoms with van der Waals surface area (Å²) in [5.41, 5.74) is 0.590. The van der Waals surface area contributed by atoms with Crippen LogP contribution in [0.15, 0.2) is 23.1 Å². The van der Waals surface area contributed by atoms with Crippen LogP contribution in [-0.2, 0) is 11.3 Å². The van der Waals surface area contributed by atoms with Crippen molar-refractivity contribution in [2.45, 2.75) is 52.1 Å². The molecular formula is C17H24N2O2. The molecule has 0 aliphatic heterocycles. The van der Waals surface area contributed by atoms with Crippen molar-refractivity contribution in [1.29, 1.82) is 0 Å². The number of hydrogen-bond donors (Lipinski definition) is 1. The number of aryl methyl sites for hydroxylation is 1. The van der Waals surface area contributed by atoms with E-state index in [1.807, 2.05) is 6.07 Å². The third-order valence-electron chi connectivity index (χ3n) is 5.35. The fourth-order valence-electron chi connectivity index (χ4n) is 4.25. The zero-order chi connectivity index (χ0) is 15.0. The van der Waals surface area contributed by atoms with Gasteiger partial charge in [-0.2, -0.15) is 0 Å². The summed E-state index contributed by atoms with van der Waals surface area (Å²) in [6, 6.07) is 3.80. The Labute approximate surface area is 125 Å². The highest BCUT2D eigenvalue weighted by atomic mass is 16.2. The van der Waals surface area contributed by atoms with E-state index in [1.54, 1.807) is 19.2 Å². The van der Waals surface area contributed by atoms with E-state index in [2.05, 4.69) is 12.2 Å². The molecule has 0 aromatic carbocycles. The van der Waals surface area contributed by atoms with Crippen LogP contribution in [0.25, 0.3) is 0 Å². The van der Waals surface area contributed by atoms with Gasteiger partial charge in [-0.25, -0.2) is 0 Å². The molecule has 2 aliphatic carbocycles. The van der Waals surface area contributed by atoms with Crippen LogP contribution in [0.5, 0.6) is 0 Å². The summed E-state index contributed by atoms with van der Waals surface area (Å²) in [6.45, 7) is 4.00. The van der Waals surface area contributed by atoms with Gasteiger partial charge >= 0.3 is 0 Å². The van der Waals surface area contributed by atoms with Crippen LogP contribution >= 0.6 is 0 Å². The lowest BCUT2D eigenvalue weighted by Crippen LogP contribution is -2.42. The molecule has 2 aliphatic rings. The molecule has 21 heavy (non-hydrogen) atoms. The van der Waals surface area contributed by atoms with E-state index in [1.165, 1.54) is 30.3 Å². The molecule has 4 heteroatoms. The van der Waals surface area contributed by atoms with Crippen molar-refractivity contribution in [1.82, 2.24) is 9.88 Å². The topological polar surface area (TPSA) is 51.1 Å². The highest BCUT2D eigenvalue weighted by Crippen LogP contribution is 2.49. The standard InChI is InChI=1S/C17H24N2O2/c1-11-4-3-7-19(17(11)21)10-16(20)18-12(2)15-9-13-5-6-14(15)8-13/h3-4,7,12-15H,5-6,8-10H2,1-2H3,(H,18,20). The van der Waals surface area contributed by atoms with Crippen molar-refractivity contribution in [2.24, 2.45) is 17.8 Å². The number of nitrogens with zero attached hydrogens (tertiary/aromatic N) is 1. The van der Waals surface area contributed by atoms with Gasteiger partial charge in [0.1, 0.15) is 6.54 Å². The van der Waals surface area contributed by atoms with Crippen molar-refractivity contribution in [3.8, 4) is 0 Å². The second kappa shape index (κ2) is 5.66. The SMILES string of the molecule is Cc1cccn(CC(=O)NC(C)C2CC3CCC2C3)c1=O. The third kappa shape index (κ3) is 2.89. The smallest absolute Gasteiger partial charge is 0.253 e. The van der Waals surface area contributed by atoms with Gasteiger partial charge in [0.05, 0.1) is 0 Å². The fraction of sp³-hybridized carbons (Fsp3) is 0.647. The summed E-state index contributed by atoms with van der Waals surface area (Å²) in [6.07, 6.45) is 6.99. The molecule has 1 N–H and O–H groups in total. The molecule has 114 valence electrons. The number of fused-ring (bicyclic) bond motifs is 2. The first kappa shape index (κ1) is 14.4. The molecule has 4 nitrogen and oxygen atoms in total. The van der Waals surface area contributed by atoms with Gasteiger partial charge in [0.25, 0.3) is 5.56 Å². The normalized spacial score (nSPS) is 28.6. The van der Waals surface area contributed by atoms with E-state index in [0.717, 1.165) is 11.8 Å². The molecule has 1 aromatic heterocycles. The van der Waals surface area contributed by atoms with Crippen molar-refractivity contribution in [2.75, 3.05) is 0 Å². The molecule has 2 fully saturated rings. The van der Waals surface area contributed by atoms with Crippen LogP contribution in [0.4, 0.5) is 0 Å². The Morgan fingerprint density at radius 2 is 2.24 bits per heavy atom. The monoisotopic (exact) mass is 288 g/mol. The molecule has 2 saturated carbocycles. The van der Waals surface area contributed by atoms with Crippen molar-refractivity contribution < 1.29 is 4.79 Å². The summed E-state index contributed by atoms with van der Waals surface area (Å²) in [5, 5.41) is 3.10. The Balaban J connectivity index is 1.59. The van der Waals surface area contributed by atoms with Crippen molar-refractivity contribution >= 4 is 5.91 Å². The zero-order valence-corrected chi connectivity index (χ0v) is 12.8. The first-order chi connectivity index (χ1) is 10.0. The van der Waals surface area contributed by atoms with Gasteiger partial charge in [-0.15, -0.1) is 0 Å². The number of carbonyl (C=O) groups is 1. The molecule has 4 atom stereocenters. The molecule has 1 aromatic rings. The lowest BCUT2D eigenvalue weighted by atomic mass is 9.84. The molecule has 2 bridgehead atoms. The first-order valence-electron chi connectivity index (χ1n) is 8.00. The minimum absolute atomic E-state index is 0.0574. The summed E-state index contributed by atoms with van der Waals surface area (Å²) in [5.74, 6) is 2.26. The number of carbonyl (C=O) groups excluding carboxylic acids is 1. The molecule has 0 spiro atoms. The summed E-state index contributed by atoms with van der Waals surface area (Å²) in [4.78, 5) is 24.1. The van der Waals surface area contributed by atoms with Gasteiger partial charge in [-0.05, 0) is 56.9 Å². The Morgan fingerprint density at radius 1 is 1.43 bits per heavy atom. The summed E-state index contributed by atoms with van der Waals surface area (Å²) < 4.78 is 1.48. The molecule has 4 unspecified atom stereocenters. The average Bonchev–Trinajstić information content (AvgIpc) is 3.06. The van der Waals surface area contributed by atoms with Gasteiger partial charge in [0, 0.05) is 17.8 Å². The minimum atomic E-state index is -0.0831. The van der Waals surface area contributed by atoms with E-state index in [4.69, 9.17) is 0 Å². The molecule has 0 radical (unpaired) electrons. The molecule has 0 saturated heterocycles. The van der Waals surface area contributed by atoms with Gasteiger partial charge in [0.15, 0.2) is 0 Å². The van der Waals surface area contributed by atoms with E-state index >= 15 is 0 Å². The molecule has 1 heterocycles. The number of hydrogen-bond acceptors (Lipinski definition) is 2. The Bertz CT molecular complexity index is 593. The molecule has 1 amide bonds.